The zero-order valence-electron chi connectivity index (χ0n) is 16.1. The van der Waals surface area contributed by atoms with Gasteiger partial charge < -0.3 is 19.9 Å². The molecule has 3 N–H and O–H groups in total. The highest BCUT2D eigenvalue weighted by Gasteiger charge is 2.18. The number of nitrogens with zero attached hydrogens (tertiary/aromatic N) is 3. The van der Waals surface area contributed by atoms with Gasteiger partial charge in [-0.3, -0.25) is 4.79 Å². The zero-order chi connectivity index (χ0) is 21.4. The molecule has 10 heteroatoms. The summed E-state index contributed by atoms with van der Waals surface area (Å²) < 4.78 is 26.6. The van der Waals surface area contributed by atoms with Crippen molar-refractivity contribution in [2.24, 2.45) is 0 Å². The van der Waals surface area contributed by atoms with E-state index in [1.807, 2.05) is 0 Å². The van der Waals surface area contributed by atoms with Gasteiger partial charge in [0.2, 0.25) is 6.41 Å². The highest BCUT2D eigenvalue weighted by Crippen LogP contribution is 2.19. The number of aryl methyl sites for hydroxylation is 1. The van der Waals surface area contributed by atoms with Crippen LogP contribution in [0.3, 0.4) is 0 Å². The normalized spacial score (nSPS) is 12.7. The summed E-state index contributed by atoms with van der Waals surface area (Å²) in [5, 5.41) is 0. The van der Waals surface area contributed by atoms with E-state index >= 15 is 0 Å². The molecule has 0 saturated carbocycles. The fraction of sp³-hybridized carbons (Fsp3) is 0.263. The van der Waals surface area contributed by atoms with Gasteiger partial charge in [-0.25, -0.2) is 19.0 Å². The fourth-order valence-corrected chi connectivity index (χ4v) is 3.13. The maximum absolute atomic E-state index is 12.0. The first-order valence-electron chi connectivity index (χ1n) is 8.66. The Hall–Kier alpha value is -3.11. The van der Waals surface area contributed by atoms with E-state index in [0.717, 1.165) is 0 Å². The second kappa shape index (κ2) is 10.4. The van der Waals surface area contributed by atoms with Crippen LogP contribution in [0.4, 0.5) is 5.82 Å². The number of nitrogens with two attached hydrogens (primary N) is 1. The molecule has 0 aliphatic heterocycles. The minimum absolute atomic E-state index is 0.0161. The third-order valence-electron chi connectivity index (χ3n) is 4.10. The lowest BCUT2D eigenvalue weighted by molar-refractivity contribution is -0.116. The number of aromatic nitrogens is 2. The molecule has 1 unspecified atom stereocenters. The maximum atomic E-state index is 12.0. The van der Waals surface area contributed by atoms with Crippen molar-refractivity contribution in [3.8, 4) is 0 Å². The average molecular weight is 418 g/mol. The summed E-state index contributed by atoms with van der Waals surface area (Å²) in [7, 11) is 0. The Morgan fingerprint density at radius 3 is 2.62 bits per heavy atom. The van der Waals surface area contributed by atoms with Crippen LogP contribution in [-0.2, 0) is 27.2 Å². The van der Waals surface area contributed by atoms with Crippen LogP contribution in [0.25, 0.3) is 0 Å². The number of esters is 1. The maximum Gasteiger partial charge on any atom is 0.338 e. The molecule has 0 fully saturated rings. The predicted octanol–water partition coefficient (Wildman–Crippen LogP) is 2.03. The smallest absolute Gasteiger partial charge is 0.338 e. The first kappa shape index (κ1) is 22.2. The van der Waals surface area contributed by atoms with Crippen LogP contribution in [0.1, 0.15) is 35.1 Å². The number of rotatable bonds is 9. The molecule has 1 atom stereocenters. The molecule has 2 aromatic rings. The van der Waals surface area contributed by atoms with E-state index in [1.165, 1.54) is 18.0 Å². The lowest BCUT2D eigenvalue weighted by Crippen LogP contribution is -2.23. The molecule has 1 heterocycles. The summed E-state index contributed by atoms with van der Waals surface area (Å²) in [5.41, 5.74) is 6.99. The first-order valence-corrected chi connectivity index (χ1v) is 9.76. The first-order chi connectivity index (χ1) is 13.8. The summed E-state index contributed by atoms with van der Waals surface area (Å²) in [6.07, 6.45) is 2.01. The second-order valence-corrected chi connectivity index (χ2v) is 7.06. The number of carbonyl (C=O) groups is 2. The quantitative estimate of drug-likeness (QED) is 0.359. The lowest BCUT2D eigenvalue weighted by Gasteiger charge is -2.21. The third kappa shape index (κ3) is 6.19. The molecule has 0 aliphatic rings. The number of amides is 1. The molecule has 0 radical (unpaired) electrons. The minimum atomic E-state index is -2.36. The van der Waals surface area contributed by atoms with Gasteiger partial charge in [-0.2, -0.15) is 0 Å². The molecule has 29 heavy (non-hydrogen) atoms. The Labute approximate surface area is 170 Å². The number of hydrogen-bond acceptors (Lipinski definition) is 7. The monoisotopic (exact) mass is 418 g/mol. The van der Waals surface area contributed by atoms with E-state index in [9.17, 15) is 18.4 Å². The van der Waals surface area contributed by atoms with Crippen molar-refractivity contribution >= 4 is 29.3 Å². The van der Waals surface area contributed by atoms with Gasteiger partial charge in [0.15, 0.2) is 11.1 Å². The van der Waals surface area contributed by atoms with Crippen LogP contribution in [-0.4, -0.2) is 42.6 Å². The number of carbonyl (C=O) groups excluding carboxylic acids is 2. The van der Waals surface area contributed by atoms with E-state index in [1.54, 1.807) is 37.3 Å². The van der Waals surface area contributed by atoms with Crippen LogP contribution in [0.5, 0.6) is 0 Å². The van der Waals surface area contributed by atoms with Crippen molar-refractivity contribution in [2.75, 3.05) is 12.3 Å². The Morgan fingerprint density at radius 2 is 2.03 bits per heavy atom. The highest BCUT2D eigenvalue weighted by atomic mass is 32.2. The van der Waals surface area contributed by atoms with Crippen LogP contribution < -0.4 is 5.73 Å². The van der Waals surface area contributed by atoms with Gasteiger partial charge in [0.25, 0.3) is 0 Å². The van der Waals surface area contributed by atoms with Gasteiger partial charge >= 0.3 is 5.97 Å². The SMILES string of the molecule is C/C(=C(/CCOC(=O)c1ccccc1)S(=O)O)N(C=O)Cc1cnc(C)nc1N. The molecule has 0 bridgehead atoms. The van der Waals surface area contributed by atoms with E-state index < -0.39 is 17.0 Å². The van der Waals surface area contributed by atoms with E-state index in [4.69, 9.17) is 10.5 Å². The summed E-state index contributed by atoms with van der Waals surface area (Å²) in [5.74, 6) is 0.178. The number of allylic oxidation sites excluding steroid dienone is 1. The molecule has 2 rings (SSSR count). The second-order valence-electron chi connectivity index (χ2n) is 6.07. The molecule has 1 aromatic heterocycles. The minimum Gasteiger partial charge on any atom is -0.462 e. The van der Waals surface area contributed by atoms with Crippen LogP contribution in [0.2, 0.25) is 0 Å². The summed E-state index contributed by atoms with van der Waals surface area (Å²) in [6, 6.07) is 8.40. The van der Waals surface area contributed by atoms with Crippen LogP contribution >= 0.6 is 0 Å². The van der Waals surface area contributed by atoms with Crippen LogP contribution in [0, 0.1) is 6.92 Å². The Morgan fingerprint density at radius 1 is 1.34 bits per heavy atom. The lowest BCUT2D eigenvalue weighted by atomic mass is 10.2. The van der Waals surface area contributed by atoms with Gasteiger partial charge in [-0.1, -0.05) is 18.2 Å². The number of benzene rings is 1. The van der Waals surface area contributed by atoms with E-state index in [2.05, 4.69) is 9.97 Å². The summed E-state index contributed by atoms with van der Waals surface area (Å²) >= 11 is -2.36. The van der Waals surface area contributed by atoms with Crippen LogP contribution in [0.15, 0.2) is 47.1 Å². The highest BCUT2D eigenvalue weighted by molar-refractivity contribution is 7.83. The molecular formula is C19H22N4O5S. The predicted molar refractivity (Wildman–Crippen MR) is 108 cm³/mol. The largest absolute Gasteiger partial charge is 0.462 e. The van der Waals surface area contributed by atoms with E-state index in [-0.39, 0.29) is 36.0 Å². The molecule has 1 amide bonds. The van der Waals surface area contributed by atoms with Crippen molar-refractivity contribution in [2.45, 2.75) is 26.8 Å². The van der Waals surface area contributed by atoms with Gasteiger partial charge in [-0.15, -0.1) is 0 Å². The average Bonchev–Trinajstić information content (AvgIpc) is 2.70. The molecular weight excluding hydrogens is 396 g/mol. The Bertz CT molecular complexity index is 933. The van der Waals surface area contributed by atoms with Gasteiger partial charge in [-0.05, 0) is 26.0 Å². The molecule has 1 aromatic carbocycles. The molecule has 0 aliphatic carbocycles. The van der Waals surface area contributed by atoms with Gasteiger partial charge in [0.05, 0.1) is 23.6 Å². The Kier molecular flexibility index (Phi) is 7.98. The van der Waals surface area contributed by atoms with Crippen molar-refractivity contribution in [3.63, 3.8) is 0 Å². The fourth-order valence-electron chi connectivity index (χ4n) is 2.50. The number of hydrogen-bond donors (Lipinski definition) is 2. The summed E-state index contributed by atoms with van der Waals surface area (Å²) in [4.78, 5) is 32.9. The third-order valence-corrected chi connectivity index (χ3v) is 5.02. The Balaban J connectivity index is 2.11. The standard InChI is InChI=1S/C19H22N4O5S/c1-13(23(12-24)11-16-10-21-14(2)22-18(16)20)17(29(26)27)8-9-28-19(25)15-6-4-3-5-7-15/h3-7,10,12H,8-9,11H2,1-2H3,(H,26,27)(H2,20,21,22)/b17-13+. The number of anilines is 1. The van der Waals surface area contributed by atoms with Crippen molar-refractivity contribution in [1.29, 1.82) is 0 Å². The molecule has 9 nitrogen and oxygen atoms in total. The van der Waals surface area contributed by atoms with Gasteiger partial charge in [0, 0.05) is 23.9 Å². The number of ether oxygens (including phenoxy) is 1. The molecule has 154 valence electrons. The van der Waals surface area contributed by atoms with Gasteiger partial charge in [0.1, 0.15) is 11.6 Å². The van der Waals surface area contributed by atoms with Crippen molar-refractivity contribution < 1.29 is 23.1 Å². The molecule has 0 saturated heterocycles. The van der Waals surface area contributed by atoms with Crippen molar-refractivity contribution in [3.05, 3.63) is 64.1 Å². The van der Waals surface area contributed by atoms with E-state index in [0.29, 0.717) is 23.4 Å². The molecule has 0 spiro atoms. The zero-order valence-corrected chi connectivity index (χ0v) is 16.9. The summed E-state index contributed by atoms with van der Waals surface area (Å²) in [6.45, 7) is 3.13. The topological polar surface area (TPSA) is 136 Å². The van der Waals surface area contributed by atoms with Crippen molar-refractivity contribution in [1.82, 2.24) is 14.9 Å². The number of nitrogen functional groups attached to an aromatic ring is 1.